The predicted octanol–water partition coefficient (Wildman–Crippen LogP) is 3.94. The highest BCUT2D eigenvalue weighted by molar-refractivity contribution is 9.10. The molecule has 2 rings (SSSR count). The van der Waals surface area contributed by atoms with Crippen LogP contribution < -0.4 is 5.32 Å². The molecule has 0 aliphatic heterocycles. The Labute approximate surface area is 121 Å². The molecule has 0 aliphatic rings. The lowest BCUT2D eigenvalue weighted by Gasteiger charge is -2.10. The second kappa shape index (κ2) is 6.87. The van der Waals surface area contributed by atoms with E-state index in [0.717, 1.165) is 29.5 Å². The molecule has 102 valence electrons. The Balaban J connectivity index is 2.08. The molecule has 1 aromatic heterocycles. The quantitative estimate of drug-likeness (QED) is 0.796. The third-order valence-electron chi connectivity index (χ3n) is 2.93. The van der Waals surface area contributed by atoms with Gasteiger partial charge < -0.3 is 9.88 Å². The van der Waals surface area contributed by atoms with Gasteiger partial charge in [0.15, 0.2) is 0 Å². The van der Waals surface area contributed by atoms with Gasteiger partial charge in [-0.2, -0.15) is 0 Å². The fourth-order valence-corrected chi connectivity index (χ4v) is 2.57. The van der Waals surface area contributed by atoms with E-state index in [0.29, 0.717) is 6.54 Å². The van der Waals surface area contributed by atoms with Gasteiger partial charge in [0, 0.05) is 29.5 Å². The molecule has 0 saturated carbocycles. The zero-order chi connectivity index (χ0) is 13.7. The van der Waals surface area contributed by atoms with E-state index in [1.165, 1.54) is 11.8 Å². The van der Waals surface area contributed by atoms with Crippen LogP contribution in [0.5, 0.6) is 0 Å². The first-order chi connectivity index (χ1) is 9.19. The first-order valence-corrected chi connectivity index (χ1v) is 7.28. The second-order valence-electron chi connectivity index (χ2n) is 4.58. The average molecular weight is 325 g/mol. The van der Waals surface area contributed by atoms with Gasteiger partial charge in [-0.25, -0.2) is 4.39 Å². The fourth-order valence-electron chi connectivity index (χ4n) is 2.06. The van der Waals surface area contributed by atoms with Crippen molar-refractivity contribution >= 4 is 15.9 Å². The second-order valence-corrected chi connectivity index (χ2v) is 5.50. The summed E-state index contributed by atoms with van der Waals surface area (Å²) in [6.07, 6.45) is 3.15. The smallest absolute Gasteiger partial charge is 0.124 e. The van der Waals surface area contributed by atoms with E-state index in [1.54, 1.807) is 6.07 Å². The van der Waals surface area contributed by atoms with Gasteiger partial charge in [-0.05, 0) is 48.9 Å². The van der Waals surface area contributed by atoms with Crippen molar-refractivity contribution in [2.45, 2.75) is 26.4 Å². The van der Waals surface area contributed by atoms with Gasteiger partial charge in [0.2, 0.25) is 0 Å². The van der Waals surface area contributed by atoms with Gasteiger partial charge in [-0.1, -0.05) is 22.9 Å². The summed E-state index contributed by atoms with van der Waals surface area (Å²) in [5.74, 6) is -0.206. The summed E-state index contributed by atoms with van der Waals surface area (Å²) in [5, 5.41) is 3.38. The van der Waals surface area contributed by atoms with Crippen LogP contribution in [0.4, 0.5) is 4.39 Å². The molecule has 0 fully saturated rings. The highest BCUT2D eigenvalue weighted by Crippen LogP contribution is 2.16. The van der Waals surface area contributed by atoms with Crippen molar-refractivity contribution in [2.75, 3.05) is 6.54 Å². The summed E-state index contributed by atoms with van der Waals surface area (Å²) >= 11 is 3.33. The lowest BCUT2D eigenvalue weighted by atomic mass is 10.2. The molecule has 1 heterocycles. The average Bonchev–Trinajstić information content (AvgIpc) is 2.76. The van der Waals surface area contributed by atoms with Crippen molar-refractivity contribution in [2.24, 2.45) is 0 Å². The van der Waals surface area contributed by atoms with E-state index in [1.807, 2.05) is 18.3 Å². The normalized spacial score (nSPS) is 10.9. The molecule has 2 nitrogen and oxygen atoms in total. The standard InChI is InChI=1S/C15H18BrFN2/c1-2-5-18-10-15-4-3-6-19(15)11-12-7-13(16)9-14(17)8-12/h3-4,6-9,18H,2,5,10-11H2,1H3. The maximum Gasteiger partial charge on any atom is 0.124 e. The zero-order valence-electron chi connectivity index (χ0n) is 11.0. The Morgan fingerprint density at radius 1 is 1.32 bits per heavy atom. The Hall–Kier alpha value is -1.13. The summed E-state index contributed by atoms with van der Waals surface area (Å²) in [5.41, 5.74) is 2.17. The summed E-state index contributed by atoms with van der Waals surface area (Å²) in [4.78, 5) is 0. The van der Waals surface area contributed by atoms with Crippen LogP contribution in [0.2, 0.25) is 0 Å². The maximum atomic E-state index is 13.4. The van der Waals surface area contributed by atoms with Gasteiger partial charge in [0.05, 0.1) is 0 Å². The van der Waals surface area contributed by atoms with Crippen LogP contribution >= 0.6 is 15.9 Å². The zero-order valence-corrected chi connectivity index (χ0v) is 12.6. The molecule has 2 aromatic rings. The van der Waals surface area contributed by atoms with Crippen LogP contribution in [0.25, 0.3) is 0 Å². The van der Waals surface area contributed by atoms with Gasteiger partial charge >= 0.3 is 0 Å². The van der Waals surface area contributed by atoms with Crippen molar-refractivity contribution in [1.29, 1.82) is 0 Å². The Morgan fingerprint density at radius 3 is 2.89 bits per heavy atom. The van der Waals surface area contributed by atoms with Crippen molar-refractivity contribution in [3.63, 3.8) is 0 Å². The summed E-state index contributed by atoms with van der Waals surface area (Å²) in [6, 6.07) is 9.12. The molecule has 0 bridgehead atoms. The lowest BCUT2D eigenvalue weighted by molar-refractivity contribution is 0.615. The lowest BCUT2D eigenvalue weighted by Crippen LogP contribution is -2.17. The van der Waals surface area contributed by atoms with Crippen LogP contribution in [-0.4, -0.2) is 11.1 Å². The molecule has 1 N–H and O–H groups in total. The molecule has 0 spiro atoms. The van der Waals surface area contributed by atoms with Crippen LogP contribution in [0.3, 0.4) is 0 Å². The molecule has 0 amide bonds. The number of nitrogens with zero attached hydrogens (tertiary/aromatic N) is 1. The molecular formula is C15H18BrFN2. The molecule has 0 aliphatic carbocycles. The number of halogens is 2. The number of aromatic nitrogens is 1. The minimum Gasteiger partial charge on any atom is -0.346 e. The highest BCUT2D eigenvalue weighted by atomic mass is 79.9. The highest BCUT2D eigenvalue weighted by Gasteiger charge is 2.04. The van der Waals surface area contributed by atoms with Crippen molar-refractivity contribution in [1.82, 2.24) is 9.88 Å². The maximum absolute atomic E-state index is 13.4. The van der Waals surface area contributed by atoms with Crippen LogP contribution in [0, 0.1) is 5.82 Å². The third kappa shape index (κ3) is 4.18. The van der Waals surface area contributed by atoms with E-state index in [-0.39, 0.29) is 5.82 Å². The largest absolute Gasteiger partial charge is 0.346 e. The van der Waals surface area contributed by atoms with Gasteiger partial charge in [0.25, 0.3) is 0 Å². The number of rotatable bonds is 6. The van der Waals surface area contributed by atoms with E-state index in [9.17, 15) is 4.39 Å². The van der Waals surface area contributed by atoms with E-state index >= 15 is 0 Å². The first kappa shape index (κ1) is 14.3. The Kier molecular flexibility index (Phi) is 5.16. The molecule has 1 aromatic carbocycles. The molecule has 0 radical (unpaired) electrons. The van der Waals surface area contributed by atoms with E-state index in [4.69, 9.17) is 0 Å². The SMILES string of the molecule is CCCNCc1cccn1Cc1cc(F)cc(Br)c1. The van der Waals surface area contributed by atoms with Gasteiger partial charge in [-0.3, -0.25) is 0 Å². The van der Waals surface area contributed by atoms with E-state index < -0.39 is 0 Å². The number of hydrogen-bond acceptors (Lipinski definition) is 1. The Morgan fingerprint density at radius 2 is 2.16 bits per heavy atom. The fraction of sp³-hybridized carbons (Fsp3) is 0.333. The Bertz CT molecular complexity index is 516. The minimum absolute atomic E-state index is 0.206. The molecule has 0 unspecified atom stereocenters. The molecule has 4 heteroatoms. The topological polar surface area (TPSA) is 17.0 Å². The minimum atomic E-state index is -0.206. The van der Waals surface area contributed by atoms with Crippen LogP contribution in [-0.2, 0) is 13.1 Å². The number of hydrogen-bond donors (Lipinski definition) is 1. The summed E-state index contributed by atoms with van der Waals surface area (Å²) < 4.78 is 16.3. The van der Waals surface area contributed by atoms with Crippen molar-refractivity contribution in [3.8, 4) is 0 Å². The molecule has 0 atom stereocenters. The molecule has 19 heavy (non-hydrogen) atoms. The molecule has 0 saturated heterocycles. The van der Waals surface area contributed by atoms with Crippen molar-refractivity contribution in [3.05, 3.63) is 58.1 Å². The van der Waals surface area contributed by atoms with Crippen LogP contribution in [0.15, 0.2) is 41.0 Å². The van der Waals surface area contributed by atoms with Gasteiger partial charge in [-0.15, -0.1) is 0 Å². The summed E-state index contributed by atoms with van der Waals surface area (Å²) in [6.45, 7) is 4.69. The van der Waals surface area contributed by atoms with Crippen molar-refractivity contribution < 1.29 is 4.39 Å². The van der Waals surface area contributed by atoms with Gasteiger partial charge in [0.1, 0.15) is 5.82 Å². The van der Waals surface area contributed by atoms with Crippen LogP contribution in [0.1, 0.15) is 24.6 Å². The van der Waals surface area contributed by atoms with E-state index in [2.05, 4.69) is 38.8 Å². The monoisotopic (exact) mass is 324 g/mol. The summed E-state index contributed by atoms with van der Waals surface area (Å²) in [7, 11) is 0. The molecular weight excluding hydrogens is 307 g/mol. The number of benzene rings is 1. The predicted molar refractivity (Wildman–Crippen MR) is 79.6 cm³/mol. The first-order valence-electron chi connectivity index (χ1n) is 6.48. The number of nitrogens with one attached hydrogen (secondary N) is 1. The third-order valence-corrected chi connectivity index (χ3v) is 3.39.